The van der Waals surface area contributed by atoms with Crippen molar-refractivity contribution < 1.29 is 0 Å². The lowest BCUT2D eigenvalue weighted by Crippen LogP contribution is -2.45. The van der Waals surface area contributed by atoms with Crippen molar-refractivity contribution in [3.8, 4) is 0 Å². The van der Waals surface area contributed by atoms with Gasteiger partial charge in [0.05, 0.1) is 0 Å². The van der Waals surface area contributed by atoms with Crippen LogP contribution in [0.2, 0.25) is 0 Å². The van der Waals surface area contributed by atoms with Crippen molar-refractivity contribution in [2.75, 3.05) is 52.9 Å². The lowest BCUT2D eigenvalue weighted by Gasteiger charge is -2.34. The number of hydrogen-bond acceptors (Lipinski definition) is 4. The molecular formula is C14H30N4. The Kier molecular flexibility index (Phi) is 5.42. The first-order valence-corrected chi connectivity index (χ1v) is 7.55. The monoisotopic (exact) mass is 254 g/mol. The Hall–Kier alpha value is -0.160. The topological polar surface area (TPSA) is 35.7 Å². The largest absolute Gasteiger partial charge is 0.328 e. The summed E-state index contributed by atoms with van der Waals surface area (Å²) in [5.74, 6) is 0. The van der Waals surface area contributed by atoms with Crippen molar-refractivity contribution in [3.63, 3.8) is 0 Å². The molecule has 0 aliphatic carbocycles. The highest BCUT2D eigenvalue weighted by Crippen LogP contribution is 2.11. The molecule has 0 spiro atoms. The van der Waals surface area contributed by atoms with E-state index in [9.17, 15) is 0 Å². The highest BCUT2D eigenvalue weighted by molar-refractivity contribution is 4.78. The highest BCUT2D eigenvalue weighted by atomic mass is 15.3. The quantitative estimate of drug-likeness (QED) is 0.792. The van der Waals surface area contributed by atoms with Gasteiger partial charge in [-0.3, -0.25) is 4.90 Å². The average molecular weight is 254 g/mol. The fourth-order valence-corrected chi connectivity index (χ4v) is 3.20. The molecule has 4 heteroatoms. The average Bonchev–Trinajstić information content (AvgIpc) is 2.50. The van der Waals surface area contributed by atoms with E-state index in [1.807, 2.05) is 0 Å². The smallest absolute Gasteiger partial charge is 0.0195 e. The number of rotatable bonds is 3. The molecule has 106 valence electrons. The summed E-state index contributed by atoms with van der Waals surface area (Å²) < 4.78 is 0. The molecule has 2 fully saturated rings. The number of nitrogens with zero attached hydrogens (tertiary/aromatic N) is 3. The second-order valence-electron chi connectivity index (χ2n) is 6.18. The fourth-order valence-electron chi connectivity index (χ4n) is 3.20. The van der Waals surface area contributed by atoms with Gasteiger partial charge in [-0.25, -0.2) is 0 Å². The molecule has 0 aromatic carbocycles. The summed E-state index contributed by atoms with van der Waals surface area (Å²) >= 11 is 0. The third kappa shape index (κ3) is 4.19. The van der Waals surface area contributed by atoms with Gasteiger partial charge < -0.3 is 15.5 Å². The summed E-state index contributed by atoms with van der Waals surface area (Å²) in [6.07, 6.45) is 3.67. The first-order chi connectivity index (χ1) is 8.65. The molecule has 4 nitrogen and oxygen atoms in total. The van der Waals surface area contributed by atoms with E-state index in [0.717, 1.165) is 0 Å². The van der Waals surface area contributed by atoms with Crippen molar-refractivity contribution in [2.45, 2.75) is 38.3 Å². The molecule has 0 aromatic rings. The Labute approximate surface area is 112 Å². The van der Waals surface area contributed by atoms with E-state index in [1.54, 1.807) is 0 Å². The lowest BCUT2D eigenvalue weighted by atomic mass is 10.1. The molecule has 1 unspecified atom stereocenters. The Balaban J connectivity index is 1.71. The fraction of sp³-hybridized carbons (Fsp3) is 1.00. The normalized spacial score (nSPS) is 30.5. The molecule has 0 saturated carbocycles. The summed E-state index contributed by atoms with van der Waals surface area (Å²) in [5, 5.41) is 0. The minimum atomic E-state index is 0.451. The number of nitrogens with two attached hydrogens (primary N) is 1. The maximum Gasteiger partial charge on any atom is 0.0195 e. The lowest BCUT2D eigenvalue weighted by molar-refractivity contribution is 0.149. The van der Waals surface area contributed by atoms with Crippen LogP contribution in [0.3, 0.4) is 0 Å². The van der Waals surface area contributed by atoms with E-state index in [1.165, 1.54) is 65.1 Å². The van der Waals surface area contributed by atoms with E-state index >= 15 is 0 Å². The molecule has 2 N–H and O–H groups in total. The van der Waals surface area contributed by atoms with Gasteiger partial charge in [-0.15, -0.1) is 0 Å². The van der Waals surface area contributed by atoms with E-state index < -0.39 is 0 Å². The molecule has 2 saturated heterocycles. The van der Waals surface area contributed by atoms with E-state index in [0.29, 0.717) is 12.1 Å². The molecule has 1 atom stereocenters. The van der Waals surface area contributed by atoms with Crippen molar-refractivity contribution >= 4 is 0 Å². The van der Waals surface area contributed by atoms with Crippen molar-refractivity contribution in [1.82, 2.24) is 14.7 Å². The number of piperidine rings is 1. The van der Waals surface area contributed by atoms with E-state index in [2.05, 4.69) is 28.7 Å². The van der Waals surface area contributed by atoms with Gasteiger partial charge in [0.2, 0.25) is 0 Å². The summed E-state index contributed by atoms with van der Waals surface area (Å²) in [6.45, 7) is 10.9. The van der Waals surface area contributed by atoms with Gasteiger partial charge in [0, 0.05) is 31.7 Å². The zero-order valence-corrected chi connectivity index (χ0v) is 12.1. The Bertz CT molecular complexity index is 238. The van der Waals surface area contributed by atoms with Crippen LogP contribution in [0.4, 0.5) is 0 Å². The van der Waals surface area contributed by atoms with Gasteiger partial charge in [-0.2, -0.15) is 0 Å². The van der Waals surface area contributed by atoms with Gasteiger partial charge in [-0.1, -0.05) is 0 Å². The van der Waals surface area contributed by atoms with Crippen LogP contribution in [0.15, 0.2) is 0 Å². The van der Waals surface area contributed by atoms with E-state index in [-0.39, 0.29) is 0 Å². The van der Waals surface area contributed by atoms with Crippen molar-refractivity contribution in [2.24, 2.45) is 5.73 Å². The molecular weight excluding hydrogens is 224 g/mol. The predicted molar refractivity (Wildman–Crippen MR) is 76.8 cm³/mol. The van der Waals surface area contributed by atoms with Gasteiger partial charge in [0.1, 0.15) is 0 Å². The van der Waals surface area contributed by atoms with Crippen LogP contribution in [0.5, 0.6) is 0 Å². The second kappa shape index (κ2) is 6.85. The van der Waals surface area contributed by atoms with Crippen LogP contribution in [-0.4, -0.2) is 79.6 Å². The maximum absolute atomic E-state index is 5.95. The first-order valence-electron chi connectivity index (χ1n) is 7.55. The molecule has 2 heterocycles. The van der Waals surface area contributed by atoms with Crippen molar-refractivity contribution in [1.29, 1.82) is 0 Å². The summed E-state index contributed by atoms with van der Waals surface area (Å²) in [5.41, 5.74) is 5.95. The van der Waals surface area contributed by atoms with Crippen LogP contribution < -0.4 is 5.73 Å². The van der Waals surface area contributed by atoms with Gasteiger partial charge in [0.25, 0.3) is 0 Å². The molecule has 0 aromatic heterocycles. The summed E-state index contributed by atoms with van der Waals surface area (Å²) in [7, 11) is 2.24. The Morgan fingerprint density at radius 3 is 2.50 bits per heavy atom. The van der Waals surface area contributed by atoms with Crippen LogP contribution in [0.1, 0.15) is 26.2 Å². The third-order valence-corrected chi connectivity index (χ3v) is 4.52. The zero-order valence-electron chi connectivity index (χ0n) is 12.1. The second-order valence-corrected chi connectivity index (χ2v) is 6.18. The van der Waals surface area contributed by atoms with E-state index in [4.69, 9.17) is 5.73 Å². The summed E-state index contributed by atoms with van der Waals surface area (Å²) in [4.78, 5) is 7.72. The molecule has 0 bridgehead atoms. The van der Waals surface area contributed by atoms with Crippen LogP contribution in [-0.2, 0) is 0 Å². The predicted octanol–water partition coefficient (Wildman–Crippen LogP) is 0.436. The molecule has 2 aliphatic rings. The van der Waals surface area contributed by atoms with Gasteiger partial charge >= 0.3 is 0 Å². The van der Waals surface area contributed by atoms with Crippen LogP contribution in [0, 0.1) is 0 Å². The molecule has 2 aliphatic heterocycles. The minimum Gasteiger partial charge on any atom is -0.328 e. The first kappa shape index (κ1) is 14.3. The van der Waals surface area contributed by atoms with Gasteiger partial charge in [-0.05, 0) is 59.4 Å². The Morgan fingerprint density at radius 2 is 1.78 bits per heavy atom. The zero-order chi connectivity index (χ0) is 13.0. The minimum absolute atomic E-state index is 0.451. The van der Waals surface area contributed by atoms with Gasteiger partial charge in [0.15, 0.2) is 0 Å². The number of hydrogen-bond donors (Lipinski definition) is 1. The molecule has 2 rings (SSSR count). The van der Waals surface area contributed by atoms with Crippen molar-refractivity contribution in [3.05, 3.63) is 0 Å². The number of likely N-dealkylation sites (tertiary alicyclic amines) is 1. The number of likely N-dealkylation sites (N-methyl/N-ethyl adjacent to an activating group) is 1. The van der Waals surface area contributed by atoms with Crippen LogP contribution >= 0.6 is 0 Å². The Morgan fingerprint density at radius 1 is 1.06 bits per heavy atom. The molecule has 0 amide bonds. The highest BCUT2D eigenvalue weighted by Gasteiger charge is 2.21. The molecule has 18 heavy (non-hydrogen) atoms. The molecule has 0 radical (unpaired) electrons. The SMILES string of the molecule is CC1CN(C)CCCN1CCN1CCC(N)CC1. The maximum atomic E-state index is 5.95. The summed E-state index contributed by atoms with van der Waals surface area (Å²) in [6, 6.07) is 1.15. The van der Waals surface area contributed by atoms with Crippen LogP contribution in [0.25, 0.3) is 0 Å². The standard InChI is InChI=1S/C14H30N4/c1-13-12-16(2)6-3-7-18(13)11-10-17-8-4-14(15)5-9-17/h13-14H,3-12,15H2,1-2H3. The third-order valence-electron chi connectivity index (χ3n) is 4.52.